The number of H-pyrrole nitrogens is 1. The lowest BCUT2D eigenvalue weighted by atomic mass is 10.0. The molecule has 7 nitrogen and oxygen atoms in total. The molecule has 6 rings (SSSR count). The predicted molar refractivity (Wildman–Crippen MR) is 152 cm³/mol. The first-order valence-corrected chi connectivity index (χ1v) is 12.7. The summed E-state index contributed by atoms with van der Waals surface area (Å²) in [6.07, 6.45) is 24.6. The first-order valence-electron chi connectivity index (χ1n) is 12.7. The van der Waals surface area contributed by atoms with Crippen molar-refractivity contribution >= 4 is 16.7 Å². The number of rotatable bonds is 7. The molecule has 5 aromatic heterocycles. The van der Waals surface area contributed by atoms with E-state index in [1.165, 1.54) is 25.7 Å². The van der Waals surface area contributed by atoms with Gasteiger partial charge in [0.25, 0.3) is 0 Å². The van der Waals surface area contributed by atoms with Gasteiger partial charge in [0.05, 0.1) is 35.0 Å². The third-order valence-corrected chi connectivity index (χ3v) is 6.77. The van der Waals surface area contributed by atoms with Gasteiger partial charge in [0.2, 0.25) is 0 Å². The van der Waals surface area contributed by atoms with E-state index in [0.717, 1.165) is 56.3 Å². The van der Waals surface area contributed by atoms with Crippen molar-refractivity contribution in [3.05, 3.63) is 97.2 Å². The highest BCUT2D eigenvalue weighted by molar-refractivity contribution is 5.89. The quantitative estimate of drug-likeness (QED) is 0.251. The normalized spacial score (nSPS) is 13.1. The molecule has 0 aliphatic heterocycles. The highest BCUT2D eigenvalue weighted by Gasteiger charge is 2.18. The molecule has 1 fully saturated rings. The smallest absolute Gasteiger partial charge is 0.111 e. The largest absolute Gasteiger partial charge is 0.358 e. The van der Waals surface area contributed by atoms with Gasteiger partial charge in [-0.15, -0.1) is 12.8 Å². The van der Waals surface area contributed by atoms with Crippen molar-refractivity contribution in [2.24, 2.45) is 5.92 Å². The number of hydrogen-bond donors (Lipinski definition) is 2. The number of nitrogens with zero attached hydrogens (tertiary/aromatic N) is 5. The molecule has 0 atom stereocenters. The number of anilines is 1. The average molecular weight is 500 g/mol. The van der Waals surface area contributed by atoms with E-state index in [-0.39, 0.29) is 0 Å². The van der Waals surface area contributed by atoms with Crippen LogP contribution in [0.1, 0.15) is 37.1 Å². The van der Waals surface area contributed by atoms with Crippen molar-refractivity contribution in [1.29, 1.82) is 0 Å². The van der Waals surface area contributed by atoms with Crippen LogP contribution in [0.25, 0.3) is 33.5 Å². The lowest BCUT2D eigenvalue weighted by molar-refractivity contribution is 0.649. The Labute approximate surface area is 222 Å². The molecule has 188 valence electrons. The number of fused-ring (bicyclic) bond motifs is 1. The molecule has 0 unspecified atom stereocenters. The molecule has 0 radical (unpaired) electrons. The van der Waals surface area contributed by atoms with Gasteiger partial charge in [0.1, 0.15) is 11.3 Å². The zero-order valence-electron chi connectivity index (χ0n) is 21.1. The Balaban J connectivity index is 0.00000144. The number of imidazole rings is 1. The van der Waals surface area contributed by atoms with Crippen LogP contribution in [0.2, 0.25) is 0 Å². The summed E-state index contributed by atoms with van der Waals surface area (Å²) in [7, 11) is 0. The van der Waals surface area contributed by atoms with Gasteiger partial charge in [-0.2, -0.15) is 0 Å². The van der Waals surface area contributed by atoms with Crippen LogP contribution in [0.3, 0.4) is 0 Å². The van der Waals surface area contributed by atoms with Crippen molar-refractivity contribution in [2.45, 2.75) is 32.1 Å². The third kappa shape index (κ3) is 5.45. The minimum absolute atomic E-state index is 0.548. The highest BCUT2D eigenvalue weighted by atomic mass is 14.9. The number of pyridine rings is 4. The summed E-state index contributed by atoms with van der Waals surface area (Å²) in [5, 5.41) is 3.47. The molecule has 0 bridgehead atoms. The zero-order chi connectivity index (χ0) is 26.3. The molecule has 0 amide bonds. The van der Waals surface area contributed by atoms with Crippen LogP contribution in [0.4, 0.5) is 5.69 Å². The molecule has 7 heteroatoms. The molecular formula is C31H29N7. The van der Waals surface area contributed by atoms with Gasteiger partial charge in [0, 0.05) is 48.0 Å². The topological polar surface area (TPSA) is 92.3 Å². The van der Waals surface area contributed by atoms with E-state index in [0.29, 0.717) is 12.3 Å². The number of aromatic amines is 1. The van der Waals surface area contributed by atoms with E-state index in [2.05, 4.69) is 61.8 Å². The second-order valence-electron chi connectivity index (χ2n) is 9.30. The van der Waals surface area contributed by atoms with E-state index in [1.54, 1.807) is 12.4 Å². The van der Waals surface area contributed by atoms with Crippen LogP contribution in [0.15, 0.2) is 85.9 Å². The minimum Gasteiger partial charge on any atom is -0.358 e. The van der Waals surface area contributed by atoms with Gasteiger partial charge in [-0.05, 0) is 54.7 Å². The third-order valence-electron chi connectivity index (χ3n) is 6.77. The zero-order valence-corrected chi connectivity index (χ0v) is 21.1. The van der Waals surface area contributed by atoms with Gasteiger partial charge in [-0.3, -0.25) is 19.9 Å². The summed E-state index contributed by atoms with van der Waals surface area (Å²) in [5.41, 5.74) is 8.53. The van der Waals surface area contributed by atoms with Crippen molar-refractivity contribution in [1.82, 2.24) is 29.9 Å². The molecule has 0 aromatic carbocycles. The summed E-state index contributed by atoms with van der Waals surface area (Å²) in [4.78, 5) is 26.2. The standard InChI is InChI=1S/C29H27N7.C2H2/c1-19(21-6-2-3-7-21)34-23-14-22(15-30-16-23)26-12-20(9-11-33-26)13-28-35-27-18-31-17-24(29(27)36-28)25-8-4-5-10-32-25;1-2/h4-5,8-12,14-18,21,34H,1-3,6-7,13H2,(H,35,36);1-2H. The van der Waals surface area contributed by atoms with Gasteiger partial charge in [0.15, 0.2) is 0 Å². The monoisotopic (exact) mass is 499 g/mol. The molecule has 0 saturated heterocycles. The van der Waals surface area contributed by atoms with E-state index in [4.69, 9.17) is 4.98 Å². The summed E-state index contributed by atoms with van der Waals surface area (Å²) in [6.45, 7) is 4.27. The number of terminal acetylenes is 1. The first-order chi connectivity index (χ1) is 18.7. The molecule has 1 aliphatic carbocycles. The maximum Gasteiger partial charge on any atom is 0.111 e. The van der Waals surface area contributed by atoms with E-state index < -0.39 is 0 Å². The molecule has 2 N–H and O–H groups in total. The van der Waals surface area contributed by atoms with Gasteiger partial charge in [-0.25, -0.2) is 4.98 Å². The minimum atomic E-state index is 0.548. The van der Waals surface area contributed by atoms with E-state index >= 15 is 0 Å². The van der Waals surface area contributed by atoms with Gasteiger partial charge in [-0.1, -0.05) is 25.5 Å². The predicted octanol–water partition coefficient (Wildman–Crippen LogP) is 6.43. The lowest BCUT2D eigenvalue weighted by Crippen LogP contribution is -2.07. The second-order valence-corrected chi connectivity index (χ2v) is 9.30. The second kappa shape index (κ2) is 11.5. The molecule has 1 aliphatic rings. The van der Waals surface area contributed by atoms with Crippen molar-refractivity contribution in [2.75, 3.05) is 5.32 Å². The Hall–Kier alpha value is -4.83. The molecule has 38 heavy (non-hydrogen) atoms. The Bertz CT molecular complexity index is 1560. The van der Waals surface area contributed by atoms with Crippen LogP contribution in [-0.4, -0.2) is 29.9 Å². The van der Waals surface area contributed by atoms with Crippen molar-refractivity contribution in [3.8, 4) is 35.4 Å². The maximum absolute atomic E-state index is 4.88. The lowest BCUT2D eigenvalue weighted by Gasteiger charge is -2.15. The van der Waals surface area contributed by atoms with Crippen LogP contribution >= 0.6 is 0 Å². The summed E-state index contributed by atoms with van der Waals surface area (Å²) >= 11 is 0. The molecular weight excluding hydrogens is 470 g/mol. The molecule has 5 aromatic rings. The fraction of sp³-hybridized carbons (Fsp3) is 0.194. The number of nitrogens with one attached hydrogen (secondary N) is 2. The van der Waals surface area contributed by atoms with Crippen LogP contribution in [0, 0.1) is 18.8 Å². The van der Waals surface area contributed by atoms with Crippen molar-refractivity contribution < 1.29 is 0 Å². The Morgan fingerprint density at radius 1 is 0.947 bits per heavy atom. The Kier molecular flexibility index (Phi) is 7.51. The molecule has 1 saturated carbocycles. The average Bonchev–Trinajstić information content (AvgIpc) is 3.65. The van der Waals surface area contributed by atoms with Crippen LogP contribution < -0.4 is 5.32 Å². The van der Waals surface area contributed by atoms with Gasteiger partial charge >= 0.3 is 0 Å². The van der Waals surface area contributed by atoms with E-state index in [9.17, 15) is 0 Å². The number of hydrogen-bond acceptors (Lipinski definition) is 6. The summed E-state index contributed by atoms with van der Waals surface area (Å²) < 4.78 is 0. The van der Waals surface area contributed by atoms with Crippen molar-refractivity contribution in [3.63, 3.8) is 0 Å². The number of aromatic nitrogens is 6. The summed E-state index contributed by atoms with van der Waals surface area (Å²) in [6, 6.07) is 12.0. The molecule has 5 heterocycles. The van der Waals surface area contributed by atoms with Crippen LogP contribution in [-0.2, 0) is 6.42 Å². The first kappa shape index (κ1) is 24.8. The maximum atomic E-state index is 4.88. The fourth-order valence-electron chi connectivity index (χ4n) is 4.92. The Morgan fingerprint density at radius 2 is 1.76 bits per heavy atom. The van der Waals surface area contributed by atoms with Gasteiger partial charge < -0.3 is 10.3 Å². The Morgan fingerprint density at radius 3 is 2.58 bits per heavy atom. The van der Waals surface area contributed by atoms with E-state index in [1.807, 2.05) is 49.1 Å². The molecule has 0 spiro atoms. The van der Waals surface area contributed by atoms with Crippen LogP contribution in [0.5, 0.6) is 0 Å². The fourth-order valence-corrected chi connectivity index (χ4v) is 4.92. The summed E-state index contributed by atoms with van der Waals surface area (Å²) in [5.74, 6) is 1.42. The highest BCUT2D eigenvalue weighted by Crippen LogP contribution is 2.31. The number of allylic oxidation sites excluding steroid dienone is 1. The SMILES string of the molecule is C#C.C=C(Nc1cncc(-c2cc(Cc3nc4c(-c5ccccn5)cncc4[nH]3)ccn2)c1)C1CCCC1.